The lowest BCUT2D eigenvalue weighted by molar-refractivity contribution is 0.0966. The van der Waals surface area contributed by atoms with Crippen LogP contribution in [0.25, 0.3) is 0 Å². The molecule has 62 valence electrons. The van der Waals surface area contributed by atoms with Gasteiger partial charge in [-0.3, -0.25) is 4.79 Å². The number of aromatic nitrogens is 2. The quantitative estimate of drug-likeness (QED) is 0.581. The summed E-state index contributed by atoms with van der Waals surface area (Å²) in [7, 11) is 0. The van der Waals surface area contributed by atoms with Crippen LogP contribution in [0.2, 0.25) is 0 Å². The molecule has 12 heavy (non-hydrogen) atoms. The van der Waals surface area contributed by atoms with Gasteiger partial charge in [-0.15, -0.1) is 0 Å². The fraction of sp³-hybridized carbons (Fsp3) is 0.444. The summed E-state index contributed by atoms with van der Waals surface area (Å²) in [4.78, 5) is 11.4. The zero-order chi connectivity index (χ0) is 8.55. The Kier molecular flexibility index (Phi) is 1.64. The van der Waals surface area contributed by atoms with E-state index in [0.717, 1.165) is 17.7 Å². The normalized spacial score (nSPS) is 22.1. The second-order valence-electron chi connectivity index (χ2n) is 3.19. The summed E-state index contributed by atoms with van der Waals surface area (Å²) < 4.78 is 0. The number of ketones is 1. The molecule has 1 heterocycles. The van der Waals surface area contributed by atoms with E-state index >= 15 is 0 Å². The fourth-order valence-electron chi connectivity index (χ4n) is 1.56. The number of hydrogen-bond donors (Lipinski definition) is 0. The van der Waals surface area contributed by atoms with Gasteiger partial charge in [0.1, 0.15) is 0 Å². The average molecular weight is 162 g/mol. The zero-order valence-corrected chi connectivity index (χ0v) is 6.95. The number of nitrogens with zero attached hydrogens (tertiary/aromatic N) is 2. The van der Waals surface area contributed by atoms with Gasteiger partial charge in [0.05, 0.1) is 11.9 Å². The maximum atomic E-state index is 11.4. The molecule has 1 unspecified atom stereocenters. The van der Waals surface area contributed by atoms with Crippen molar-refractivity contribution < 1.29 is 4.79 Å². The van der Waals surface area contributed by atoms with Crippen LogP contribution >= 0.6 is 0 Å². The van der Waals surface area contributed by atoms with Gasteiger partial charge in [0.25, 0.3) is 0 Å². The van der Waals surface area contributed by atoms with E-state index in [1.165, 1.54) is 0 Å². The predicted molar refractivity (Wildman–Crippen MR) is 44.0 cm³/mol. The highest BCUT2D eigenvalue weighted by Gasteiger charge is 2.23. The van der Waals surface area contributed by atoms with E-state index in [1.54, 1.807) is 12.3 Å². The van der Waals surface area contributed by atoms with Crippen molar-refractivity contribution in [3.05, 3.63) is 23.5 Å². The van der Waals surface area contributed by atoms with Crippen molar-refractivity contribution in [1.82, 2.24) is 10.2 Å². The zero-order valence-electron chi connectivity index (χ0n) is 6.95. The van der Waals surface area contributed by atoms with E-state index in [4.69, 9.17) is 0 Å². The van der Waals surface area contributed by atoms with E-state index < -0.39 is 0 Å². The number of fused-ring (bicyclic) bond motifs is 1. The molecular formula is C9H10N2O. The molecule has 0 saturated carbocycles. The van der Waals surface area contributed by atoms with Crippen molar-refractivity contribution in [1.29, 1.82) is 0 Å². The van der Waals surface area contributed by atoms with Crippen molar-refractivity contribution in [2.24, 2.45) is 0 Å². The summed E-state index contributed by atoms with van der Waals surface area (Å²) in [6, 6.07) is 1.76. The van der Waals surface area contributed by atoms with Crippen molar-refractivity contribution in [2.45, 2.75) is 25.7 Å². The van der Waals surface area contributed by atoms with Gasteiger partial charge in [-0.25, -0.2) is 0 Å². The van der Waals surface area contributed by atoms with Crippen LogP contribution in [-0.2, 0) is 0 Å². The minimum absolute atomic E-state index is 0.206. The minimum atomic E-state index is 0.206. The number of carbonyl (C=O) groups excluding carboxylic acids is 1. The van der Waals surface area contributed by atoms with Gasteiger partial charge in [0.2, 0.25) is 0 Å². The summed E-state index contributed by atoms with van der Waals surface area (Å²) in [6.45, 7) is 2.08. The third kappa shape index (κ3) is 1.02. The van der Waals surface area contributed by atoms with Gasteiger partial charge in [-0.1, -0.05) is 6.92 Å². The van der Waals surface area contributed by atoms with Crippen LogP contribution in [0.3, 0.4) is 0 Å². The Labute approximate surface area is 70.8 Å². The fourth-order valence-corrected chi connectivity index (χ4v) is 1.56. The molecule has 3 nitrogen and oxygen atoms in total. The molecule has 0 saturated heterocycles. The maximum absolute atomic E-state index is 11.4. The number of rotatable bonds is 0. The van der Waals surface area contributed by atoms with Crippen LogP contribution < -0.4 is 0 Å². The Balaban J connectivity index is 2.55. The summed E-state index contributed by atoms with van der Waals surface area (Å²) >= 11 is 0. The minimum Gasteiger partial charge on any atom is -0.294 e. The van der Waals surface area contributed by atoms with Crippen LogP contribution in [0.15, 0.2) is 12.3 Å². The molecule has 1 aliphatic rings. The Bertz CT molecular complexity index is 322. The molecule has 0 spiro atoms. The molecule has 0 aromatic carbocycles. The van der Waals surface area contributed by atoms with E-state index in [-0.39, 0.29) is 5.78 Å². The smallest absolute Gasteiger partial charge is 0.164 e. The molecule has 0 bridgehead atoms. The molecule has 0 aliphatic heterocycles. The first-order valence-electron chi connectivity index (χ1n) is 4.14. The predicted octanol–water partition coefficient (Wildman–Crippen LogP) is 1.56. The Morgan fingerprint density at radius 3 is 3.17 bits per heavy atom. The third-order valence-corrected chi connectivity index (χ3v) is 2.32. The first-order valence-corrected chi connectivity index (χ1v) is 4.14. The Morgan fingerprint density at radius 2 is 2.42 bits per heavy atom. The lowest BCUT2D eigenvalue weighted by Gasteiger charge is -2.18. The monoisotopic (exact) mass is 162 g/mol. The molecule has 1 aromatic heterocycles. The molecular weight excluding hydrogens is 152 g/mol. The summed E-state index contributed by atoms with van der Waals surface area (Å²) in [5, 5.41) is 7.76. The van der Waals surface area contributed by atoms with E-state index in [1.807, 2.05) is 0 Å². The van der Waals surface area contributed by atoms with Gasteiger partial charge >= 0.3 is 0 Å². The van der Waals surface area contributed by atoms with E-state index in [0.29, 0.717) is 12.3 Å². The molecule has 1 aromatic rings. The lowest BCUT2D eigenvalue weighted by atomic mass is 9.88. The van der Waals surface area contributed by atoms with Crippen LogP contribution in [-0.4, -0.2) is 16.0 Å². The van der Waals surface area contributed by atoms with Crippen LogP contribution in [0.1, 0.15) is 41.7 Å². The number of hydrogen-bond acceptors (Lipinski definition) is 3. The molecule has 1 aliphatic carbocycles. The van der Waals surface area contributed by atoms with Crippen molar-refractivity contribution in [2.75, 3.05) is 0 Å². The van der Waals surface area contributed by atoms with Crippen LogP contribution in [0.5, 0.6) is 0 Å². The highest BCUT2D eigenvalue weighted by atomic mass is 16.1. The molecule has 0 radical (unpaired) electrons. The maximum Gasteiger partial charge on any atom is 0.164 e. The SMILES string of the molecule is CC1CCC(=O)c2ccnnc21. The van der Waals surface area contributed by atoms with Gasteiger partial charge in [0.15, 0.2) is 5.78 Å². The molecule has 2 rings (SSSR count). The topological polar surface area (TPSA) is 42.9 Å². The number of Topliss-reactive ketones (excluding diaryl/α,β-unsaturated/α-hetero) is 1. The van der Waals surface area contributed by atoms with Gasteiger partial charge in [-0.05, 0) is 12.5 Å². The third-order valence-electron chi connectivity index (χ3n) is 2.32. The van der Waals surface area contributed by atoms with Crippen LogP contribution in [0.4, 0.5) is 0 Å². The summed E-state index contributed by atoms with van der Waals surface area (Å²) in [5.74, 6) is 0.587. The van der Waals surface area contributed by atoms with E-state index in [9.17, 15) is 4.79 Å². The van der Waals surface area contributed by atoms with Crippen LogP contribution in [0, 0.1) is 0 Å². The van der Waals surface area contributed by atoms with Gasteiger partial charge < -0.3 is 0 Å². The number of carbonyl (C=O) groups is 1. The average Bonchev–Trinajstić information content (AvgIpc) is 2.12. The highest BCUT2D eigenvalue weighted by molar-refractivity contribution is 5.98. The largest absolute Gasteiger partial charge is 0.294 e. The van der Waals surface area contributed by atoms with Crippen molar-refractivity contribution in [3.63, 3.8) is 0 Å². The van der Waals surface area contributed by atoms with Gasteiger partial charge in [0, 0.05) is 17.9 Å². The van der Waals surface area contributed by atoms with Gasteiger partial charge in [-0.2, -0.15) is 10.2 Å². The first kappa shape index (κ1) is 7.40. The second kappa shape index (κ2) is 2.66. The second-order valence-corrected chi connectivity index (χ2v) is 3.19. The Morgan fingerprint density at radius 1 is 1.58 bits per heavy atom. The standard InChI is InChI=1S/C9H10N2O/c1-6-2-3-8(12)7-4-5-10-11-9(6)7/h4-6H,2-3H2,1H3. The molecule has 0 fully saturated rings. The first-order chi connectivity index (χ1) is 5.79. The summed E-state index contributed by atoms with van der Waals surface area (Å²) in [5.41, 5.74) is 1.64. The molecule has 3 heteroatoms. The van der Waals surface area contributed by atoms with E-state index in [2.05, 4.69) is 17.1 Å². The Hall–Kier alpha value is -1.25. The molecule has 0 N–H and O–H groups in total. The molecule has 0 amide bonds. The van der Waals surface area contributed by atoms with Crippen molar-refractivity contribution in [3.8, 4) is 0 Å². The highest BCUT2D eigenvalue weighted by Crippen LogP contribution is 2.28. The summed E-state index contributed by atoms with van der Waals surface area (Å²) in [6.07, 6.45) is 3.14. The lowest BCUT2D eigenvalue weighted by Crippen LogP contribution is -2.15. The van der Waals surface area contributed by atoms with Crippen molar-refractivity contribution >= 4 is 5.78 Å². The molecule has 1 atom stereocenters.